The van der Waals surface area contributed by atoms with Gasteiger partial charge in [-0.2, -0.15) is 0 Å². The number of thiocarbonyl (C=S) groups is 2. The average molecular weight is 1250 g/mol. The molecule has 10 rings (SSSR count). The number of furan rings is 2. The number of amides is 5. The van der Waals surface area contributed by atoms with Crippen LogP contribution in [0.2, 0.25) is 20.1 Å². The Morgan fingerprint density at radius 2 is 1.20 bits per heavy atom. The van der Waals surface area contributed by atoms with Gasteiger partial charge in [0.25, 0.3) is 5.91 Å². The van der Waals surface area contributed by atoms with E-state index in [1.54, 1.807) is 56.8 Å². The molecule has 4 aliphatic heterocycles. The maximum atomic E-state index is 12.8. The molecule has 6 heterocycles. The molecule has 4 aliphatic rings. The van der Waals surface area contributed by atoms with Crippen molar-refractivity contribution in [3.05, 3.63) is 140 Å². The van der Waals surface area contributed by atoms with Crippen molar-refractivity contribution in [1.29, 1.82) is 0 Å². The molecule has 2 saturated heterocycles. The van der Waals surface area contributed by atoms with Crippen LogP contribution in [0.1, 0.15) is 42.5 Å². The molecule has 5 amide bonds. The third-order valence-electron chi connectivity index (χ3n) is 12.2. The van der Waals surface area contributed by atoms with Crippen LogP contribution >= 0.6 is 94.4 Å². The Kier molecular flexibility index (Phi) is 21.4. The summed E-state index contributed by atoms with van der Waals surface area (Å²) in [6, 6.07) is 21.8. The first-order valence-corrected chi connectivity index (χ1v) is 28.1. The number of halogens is 4. The third-order valence-corrected chi connectivity index (χ3v) is 15.9. The number of hydroxylamine groups is 2. The minimum absolute atomic E-state index is 0. The van der Waals surface area contributed by atoms with Gasteiger partial charge in [0, 0.05) is 64.6 Å². The number of carboxylic acids is 1. The van der Waals surface area contributed by atoms with Gasteiger partial charge in [0.2, 0.25) is 5.91 Å². The monoisotopic (exact) mass is 1240 g/mol. The second-order valence-electron chi connectivity index (χ2n) is 17.6. The van der Waals surface area contributed by atoms with E-state index >= 15 is 0 Å². The smallest absolute Gasteiger partial charge is 0.435 e. The zero-order valence-corrected chi connectivity index (χ0v) is 48.1. The van der Waals surface area contributed by atoms with Crippen LogP contribution in [0.3, 0.4) is 0 Å². The normalized spacial score (nSPS) is 15.1. The molecule has 0 aliphatic carbocycles. The van der Waals surface area contributed by atoms with Crippen LogP contribution < -0.4 is 15.1 Å². The number of hydrogen-bond acceptors (Lipinski definition) is 16. The molecule has 6 aromatic rings. The zero-order valence-electron chi connectivity index (χ0n) is 41.8. The van der Waals surface area contributed by atoms with Gasteiger partial charge in [0.15, 0.2) is 4.32 Å². The van der Waals surface area contributed by atoms with Crippen molar-refractivity contribution in [2.24, 2.45) is 0 Å². The highest BCUT2D eigenvalue weighted by atomic mass is 35.5. The highest BCUT2D eigenvalue weighted by molar-refractivity contribution is 8.24. The van der Waals surface area contributed by atoms with E-state index in [1.165, 1.54) is 38.3 Å². The first-order chi connectivity index (χ1) is 37.8. The number of ether oxygens (including phenoxy) is 2. The molecule has 0 saturated carbocycles. The second kappa shape index (κ2) is 27.9. The third kappa shape index (κ3) is 15.6. The lowest BCUT2D eigenvalue weighted by Crippen LogP contribution is -2.41. The maximum absolute atomic E-state index is 12.8. The van der Waals surface area contributed by atoms with Crippen molar-refractivity contribution in [3.63, 3.8) is 0 Å². The quantitative estimate of drug-likeness (QED) is 0.116. The minimum atomic E-state index is -1.04. The fraction of sp³-hybridized carbons (Fsp3) is 0.259. The topological polar surface area (TPSA) is 205 Å². The zero-order chi connectivity index (χ0) is 56.5. The Morgan fingerprint density at radius 1 is 0.700 bits per heavy atom. The molecule has 80 heavy (non-hydrogen) atoms. The molecule has 18 nitrogen and oxygen atoms in total. The van der Waals surface area contributed by atoms with Crippen LogP contribution in [0, 0.1) is 0 Å². The number of thioether (sulfide) groups is 2. The number of anilines is 2. The summed E-state index contributed by atoms with van der Waals surface area (Å²) in [6.07, 6.45) is 7.05. The van der Waals surface area contributed by atoms with Crippen LogP contribution in [0.5, 0.6) is 0 Å². The number of nitrogens with one attached hydrogen (secondary N) is 1. The van der Waals surface area contributed by atoms with Crippen LogP contribution in [0.15, 0.2) is 106 Å². The molecule has 420 valence electrons. The van der Waals surface area contributed by atoms with Gasteiger partial charge in [0.1, 0.15) is 47.8 Å². The van der Waals surface area contributed by atoms with Gasteiger partial charge in [-0.25, -0.2) is 14.4 Å². The molecule has 4 aromatic carbocycles. The van der Waals surface area contributed by atoms with Gasteiger partial charge in [-0.05, 0) is 126 Å². The predicted octanol–water partition coefficient (Wildman–Crippen LogP) is 13.0. The number of carbonyl (C=O) groups is 6. The van der Waals surface area contributed by atoms with Gasteiger partial charge in [-0.3, -0.25) is 29.1 Å². The van der Waals surface area contributed by atoms with Crippen molar-refractivity contribution in [2.45, 2.75) is 33.5 Å². The molecule has 26 heteroatoms. The molecule has 0 bridgehead atoms. The van der Waals surface area contributed by atoms with Crippen LogP contribution in [-0.2, 0) is 41.9 Å². The Balaban J connectivity index is 0.000000197. The summed E-state index contributed by atoms with van der Waals surface area (Å²) in [4.78, 5) is 81.4. The molecular formula is C54H50Cl4N6O12S4. The summed E-state index contributed by atoms with van der Waals surface area (Å²) in [5.74, 6) is -1.17. The van der Waals surface area contributed by atoms with Gasteiger partial charge in [-0.1, -0.05) is 114 Å². The van der Waals surface area contributed by atoms with E-state index in [4.69, 9.17) is 99.1 Å². The molecule has 2 fully saturated rings. The van der Waals surface area contributed by atoms with Gasteiger partial charge in [0.05, 0.1) is 22.9 Å². The van der Waals surface area contributed by atoms with Crippen molar-refractivity contribution >= 4 is 184 Å². The Bertz CT molecular complexity index is 3390. The summed E-state index contributed by atoms with van der Waals surface area (Å²) in [5, 5.41) is 16.0. The summed E-state index contributed by atoms with van der Waals surface area (Å²) >= 11 is 36.2. The van der Waals surface area contributed by atoms with Gasteiger partial charge < -0.3 is 38.5 Å². The highest BCUT2D eigenvalue weighted by Crippen LogP contribution is 2.35. The van der Waals surface area contributed by atoms with Crippen LogP contribution in [0.25, 0.3) is 33.1 Å². The Morgan fingerprint density at radius 3 is 1.62 bits per heavy atom. The minimum Gasteiger partial charge on any atom is -0.480 e. The van der Waals surface area contributed by atoms with E-state index in [0.29, 0.717) is 66.4 Å². The Hall–Kier alpha value is -6.34. The van der Waals surface area contributed by atoms with E-state index in [2.05, 4.69) is 17.5 Å². The number of carboxylic acid groups (broad SMARTS) is 1. The molecule has 0 spiro atoms. The first-order valence-electron chi connectivity index (χ1n) is 23.8. The lowest BCUT2D eigenvalue weighted by Gasteiger charge is -2.27. The van der Waals surface area contributed by atoms with Crippen molar-refractivity contribution < 1.29 is 57.0 Å². The highest BCUT2D eigenvalue weighted by Gasteiger charge is 2.33. The molecule has 0 atom stereocenters. The van der Waals surface area contributed by atoms with Crippen molar-refractivity contribution in [2.75, 3.05) is 68.1 Å². The number of benzene rings is 4. The SMILES string of the molecule is C.CN(C(=O)OCc1cc(Cl)cc(Cl)c1)c1coc2ccc(C3=CCN(C(=O)ON4C(=O)CSC4=S)CC3)cc12.CN(C(=O)OCc1cc(Cl)cc(Cl)c1)c1coc2ccc(C3=CCNCC3)cc12.O=C(O)CN1C(=O)CSC1=S. The van der Waals surface area contributed by atoms with Crippen molar-refractivity contribution in [3.8, 4) is 0 Å². The van der Waals surface area contributed by atoms with Crippen LogP contribution in [0.4, 0.5) is 25.8 Å². The second-order valence-corrected chi connectivity index (χ2v) is 22.5. The summed E-state index contributed by atoms with van der Waals surface area (Å²) in [7, 11) is 3.26. The number of carbonyl (C=O) groups excluding carboxylic acids is 5. The average Bonchev–Trinajstić information content (AvgIpc) is 4.22. The predicted molar refractivity (Wildman–Crippen MR) is 322 cm³/mol. The Labute approximate surface area is 498 Å². The van der Waals surface area contributed by atoms with Gasteiger partial charge in [-0.15, -0.1) is 5.06 Å². The summed E-state index contributed by atoms with van der Waals surface area (Å²) in [5.41, 5.74) is 8.32. The number of nitrogens with zero attached hydrogens (tertiary/aromatic N) is 5. The van der Waals surface area contributed by atoms with E-state index in [-0.39, 0.29) is 54.8 Å². The van der Waals surface area contributed by atoms with Crippen LogP contribution in [-0.4, -0.2) is 123 Å². The standard InChI is InChI=1S/C26H21Cl2N3O6S2.C22H20Cl2N2O3.C5H5NO3S2.CH4/c1-29(24(33)36-12-15-8-18(27)11-19(28)9-15)21-13-35-22-3-2-17(10-20(21)22)16-4-6-30(7-5-16)25(34)37-31-23(32)14-39-26(31)38;1-26(22(27)29-12-14-8-17(23)11-18(24)9-14)20-13-28-21-3-2-16(10-19(20)21)15-4-6-25-7-5-15;7-3-2-11-5(10)6(3)1-4(8)9;/h2-4,8-11,13H,5-7,12,14H2,1H3;2-4,8-11,13,25H,5-7,12H2,1H3;1-2H2,(H,8,9);1H4. The number of fused-ring (bicyclic) bond motifs is 2. The molecule has 0 radical (unpaired) electrons. The number of hydrogen-bond donors (Lipinski definition) is 2. The largest absolute Gasteiger partial charge is 0.480 e. The van der Waals surface area contributed by atoms with E-state index in [0.717, 1.165) is 79.9 Å². The lowest BCUT2D eigenvalue weighted by atomic mass is 9.98. The number of rotatable bonds is 11. The molecule has 2 aromatic heterocycles. The molecule has 0 unspecified atom stereocenters. The van der Waals surface area contributed by atoms with E-state index < -0.39 is 24.2 Å². The fourth-order valence-electron chi connectivity index (χ4n) is 8.24. The summed E-state index contributed by atoms with van der Waals surface area (Å²) < 4.78 is 22.8. The fourth-order valence-corrected chi connectivity index (χ4v) is 11.4. The summed E-state index contributed by atoms with van der Waals surface area (Å²) in [6.45, 7) is 2.31. The lowest BCUT2D eigenvalue weighted by molar-refractivity contribution is -0.146. The first kappa shape index (κ1) is 61.3. The maximum Gasteiger partial charge on any atom is 0.435 e. The van der Waals surface area contributed by atoms with Gasteiger partial charge >= 0.3 is 24.2 Å². The van der Waals surface area contributed by atoms with E-state index in [9.17, 15) is 28.8 Å². The number of aliphatic carboxylic acids is 1. The van der Waals surface area contributed by atoms with Crippen molar-refractivity contribution in [1.82, 2.24) is 20.2 Å². The molecule has 2 N–H and O–H groups in total. The van der Waals surface area contributed by atoms with E-state index in [1.807, 2.05) is 36.4 Å². The molecular weight excluding hydrogens is 1190 g/mol.